The van der Waals surface area contributed by atoms with Gasteiger partial charge in [-0.25, -0.2) is 14.6 Å². The van der Waals surface area contributed by atoms with E-state index in [1.165, 1.54) is 19.1 Å². The normalized spacial score (nSPS) is 18.2. The smallest absolute Gasteiger partial charge is 0.407 e. The lowest BCUT2D eigenvalue weighted by atomic mass is 10.0. The number of aromatic amines is 1. The van der Waals surface area contributed by atoms with Crippen molar-refractivity contribution in [3.63, 3.8) is 0 Å². The summed E-state index contributed by atoms with van der Waals surface area (Å²) in [5, 5.41) is 8.03. The van der Waals surface area contributed by atoms with Crippen molar-refractivity contribution in [2.75, 3.05) is 32.6 Å². The van der Waals surface area contributed by atoms with Crippen molar-refractivity contribution < 1.29 is 37.9 Å². The van der Waals surface area contributed by atoms with E-state index in [4.69, 9.17) is 9.15 Å². The van der Waals surface area contributed by atoms with Crippen molar-refractivity contribution in [3.05, 3.63) is 48.7 Å². The number of aromatic nitrogens is 4. The lowest BCUT2D eigenvalue weighted by Crippen LogP contribution is -2.54. The minimum Gasteiger partial charge on any atom is -0.453 e. The minimum atomic E-state index is -0.829. The van der Waals surface area contributed by atoms with Crippen LogP contribution in [-0.4, -0.2) is 104 Å². The summed E-state index contributed by atoms with van der Waals surface area (Å²) in [4.78, 5) is 79.8. The fourth-order valence-corrected chi connectivity index (χ4v) is 7.04. The molecule has 6 rings (SSSR count). The zero-order valence-corrected chi connectivity index (χ0v) is 31.3. The third kappa shape index (κ3) is 7.89. The molecule has 288 valence electrons. The molecule has 17 heteroatoms. The predicted molar refractivity (Wildman–Crippen MR) is 196 cm³/mol. The lowest BCUT2D eigenvalue weighted by Gasteiger charge is -2.30. The van der Waals surface area contributed by atoms with E-state index >= 15 is 0 Å². The van der Waals surface area contributed by atoms with Crippen LogP contribution in [0.25, 0.3) is 28.4 Å². The number of fused-ring (bicyclic) bond motifs is 1. The van der Waals surface area contributed by atoms with E-state index in [2.05, 4.69) is 35.6 Å². The fourth-order valence-electron chi connectivity index (χ4n) is 7.04. The van der Waals surface area contributed by atoms with Crippen LogP contribution in [0.5, 0.6) is 0 Å². The van der Waals surface area contributed by atoms with Gasteiger partial charge in [0.2, 0.25) is 23.6 Å². The maximum absolute atomic E-state index is 13.5. The summed E-state index contributed by atoms with van der Waals surface area (Å²) in [5.74, 6) is -0.0881. The summed E-state index contributed by atoms with van der Waals surface area (Å²) in [5.41, 5.74) is 3.20. The molecule has 17 nitrogen and oxygen atoms in total. The van der Waals surface area contributed by atoms with E-state index in [9.17, 15) is 24.0 Å². The molecule has 0 spiro atoms. The molecule has 2 aliphatic rings. The van der Waals surface area contributed by atoms with E-state index in [0.717, 1.165) is 29.7 Å². The molecule has 2 fully saturated rings. The Balaban J connectivity index is 1.09. The van der Waals surface area contributed by atoms with Gasteiger partial charge >= 0.3 is 18.0 Å². The Hall–Kier alpha value is -5.87. The van der Waals surface area contributed by atoms with Crippen LogP contribution in [0.15, 0.2) is 47.3 Å². The Bertz CT molecular complexity index is 1970. The number of anilines is 1. The molecule has 4 atom stereocenters. The molecule has 4 N–H and O–H groups in total. The van der Waals surface area contributed by atoms with Crippen molar-refractivity contribution in [1.82, 2.24) is 39.8 Å². The summed E-state index contributed by atoms with van der Waals surface area (Å²) < 4.78 is 16.9. The summed E-state index contributed by atoms with van der Waals surface area (Å²) in [6, 6.07) is 5.26. The van der Waals surface area contributed by atoms with E-state index in [-0.39, 0.29) is 41.4 Å². The van der Waals surface area contributed by atoms with Crippen molar-refractivity contribution >= 4 is 41.6 Å². The highest BCUT2D eigenvalue weighted by atomic mass is 16.5. The molecule has 5 heterocycles. The molecule has 1 aromatic carbocycles. The highest BCUT2D eigenvalue weighted by Crippen LogP contribution is 2.33. The second-order valence-electron chi connectivity index (χ2n) is 14.3. The number of alkyl carbamates (subject to hydrolysis) is 2. The maximum Gasteiger partial charge on any atom is 0.407 e. The number of methoxy groups -OCH3 is 2. The number of H-pyrrole nitrogens is 1. The van der Waals surface area contributed by atoms with Gasteiger partial charge in [-0.2, -0.15) is 4.98 Å². The standard InChI is InChI=1S/C37H47N9O8/c1-20(2)29(42-36(50)52-5)33(48)45-15-7-9-26(45)31-38-17-24(39-31)22-11-13-23(14-12-22)25-18-44-19-28(54-35(44)40-25)41-32(47)27-10-8-16-46(27)34(49)30(21(3)4)43-37(51)53-6/h11-14,17-21,26-27,29-30H,7-10,15-16H2,1-6H3,(H,38,39)(H,41,47)(H,42,50)(H,43,51)/t26-,27-,29-,30-/m0/s1. The van der Waals surface area contributed by atoms with E-state index < -0.39 is 36.2 Å². The molecule has 0 aliphatic carbocycles. The molecule has 0 bridgehead atoms. The molecule has 54 heavy (non-hydrogen) atoms. The average molecular weight is 746 g/mol. The summed E-state index contributed by atoms with van der Waals surface area (Å²) >= 11 is 0. The maximum atomic E-state index is 13.5. The van der Waals surface area contributed by atoms with Crippen molar-refractivity contribution in [2.45, 2.75) is 77.5 Å². The minimum absolute atomic E-state index is 0.125. The SMILES string of the molecule is COC(=O)N[C@H](C(=O)N1CCC[C@H]1C(=O)Nc1cn2cc(-c3ccc(-c4cnc([C@@H]5CCCN5C(=O)[C@@H](NC(=O)OC)C(C)C)[nH]4)cc3)nc2o1)C(C)C. The molecule has 0 radical (unpaired) electrons. The molecule has 0 unspecified atom stereocenters. The highest BCUT2D eigenvalue weighted by molar-refractivity contribution is 5.98. The van der Waals surface area contributed by atoms with Crippen LogP contribution in [0.2, 0.25) is 0 Å². The van der Waals surface area contributed by atoms with Gasteiger partial charge in [0.05, 0.1) is 44.0 Å². The number of amides is 5. The van der Waals surface area contributed by atoms with Gasteiger partial charge in [0, 0.05) is 24.8 Å². The van der Waals surface area contributed by atoms with Crippen LogP contribution in [0.3, 0.4) is 0 Å². The molecular weight excluding hydrogens is 698 g/mol. The summed E-state index contributed by atoms with van der Waals surface area (Å²) in [6.07, 6.45) is 6.51. The monoisotopic (exact) mass is 745 g/mol. The number of carbonyl (C=O) groups is 5. The summed E-state index contributed by atoms with van der Waals surface area (Å²) in [6.45, 7) is 8.35. The molecule has 2 saturated heterocycles. The van der Waals surface area contributed by atoms with Crippen LogP contribution in [-0.2, 0) is 23.9 Å². The van der Waals surface area contributed by atoms with Crippen LogP contribution in [0.1, 0.15) is 65.2 Å². The number of oxazole rings is 1. The first-order valence-electron chi connectivity index (χ1n) is 18.1. The van der Waals surface area contributed by atoms with E-state index in [1.807, 2.05) is 52.0 Å². The number of hydrogen-bond acceptors (Lipinski definition) is 10. The largest absolute Gasteiger partial charge is 0.453 e. The number of benzene rings is 1. The fraction of sp³-hybridized carbons (Fsp3) is 0.486. The lowest BCUT2D eigenvalue weighted by molar-refractivity contribution is -0.139. The van der Waals surface area contributed by atoms with Crippen LogP contribution >= 0.6 is 0 Å². The number of nitrogens with one attached hydrogen (secondary N) is 4. The number of carbonyl (C=O) groups excluding carboxylic acids is 5. The van der Waals surface area contributed by atoms with Crippen molar-refractivity contribution in [2.24, 2.45) is 11.8 Å². The zero-order valence-electron chi connectivity index (χ0n) is 31.3. The first-order chi connectivity index (χ1) is 25.9. The number of nitrogens with zero attached hydrogens (tertiary/aromatic N) is 5. The van der Waals surface area contributed by atoms with Crippen LogP contribution < -0.4 is 16.0 Å². The van der Waals surface area contributed by atoms with Gasteiger partial charge in [0.25, 0.3) is 0 Å². The third-order valence-corrected chi connectivity index (χ3v) is 9.96. The van der Waals surface area contributed by atoms with Gasteiger partial charge in [-0.1, -0.05) is 52.0 Å². The number of rotatable bonds is 11. The Morgan fingerprint density at radius 2 is 1.43 bits per heavy atom. The highest BCUT2D eigenvalue weighted by Gasteiger charge is 2.40. The Morgan fingerprint density at radius 1 is 0.833 bits per heavy atom. The van der Waals surface area contributed by atoms with Crippen molar-refractivity contribution in [1.29, 1.82) is 0 Å². The second kappa shape index (κ2) is 16.0. The van der Waals surface area contributed by atoms with Gasteiger partial charge in [-0.15, -0.1) is 0 Å². The van der Waals surface area contributed by atoms with E-state index in [0.29, 0.717) is 37.4 Å². The number of likely N-dealkylation sites (tertiary alicyclic amines) is 2. The van der Waals surface area contributed by atoms with Crippen molar-refractivity contribution in [3.8, 4) is 22.5 Å². The molecule has 2 aliphatic heterocycles. The Morgan fingerprint density at radius 3 is 2.04 bits per heavy atom. The molecule has 0 saturated carbocycles. The Labute approximate surface area is 312 Å². The van der Waals surface area contributed by atoms with Gasteiger partial charge in [0.15, 0.2) is 0 Å². The molecule has 3 aromatic heterocycles. The predicted octanol–water partition coefficient (Wildman–Crippen LogP) is 4.34. The average Bonchev–Trinajstić information content (AvgIpc) is 4.00. The summed E-state index contributed by atoms with van der Waals surface area (Å²) in [7, 11) is 2.51. The number of ether oxygens (including phenoxy) is 2. The van der Waals surface area contributed by atoms with E-state index in [1.54, 1.807) is 27.9 Å². The number of hydrogen-bond donors (Lipinski definition) is 4. The van der Waals surface area contributed by atoms with Gasteiger partial charge < -0.3 is 39.3 Å². The first kappa shape index (κ1) is 37.9. The van der Waals surface area contributed by atoms with Crippen LogP contribution in [0.4, 0.5) is 15.5 Å². The zero-order chi connectivity index (χ0) is 38.7. The number of imidazole rings is 2. The molecule has 4 aromatic rings. The second-order valence-corrected chi connectivity index (χ2v) is 14.3. The first-order valence-corrected chi connectivity index (χ1v) is 18.1. The van der Waals surface area contributed by atoms with Gasteiger partial charge in [-0.3, -0.25) is 24.1 Å². The topological polar surface area (TPSA) is 205 Å². The quantitative estimate of drug-likeness (QED) is 0.171. The molecule has 5 amide bonds. The molecular formula is C37H47N9O8. The van der Waals surface area contributed by atoms with Gasteiger partial charge in [0.1, 0.15) is 23.9 Å². The van der Waals surface area contributed by atoms with Gasteiger partial charge in [-0.05, 0) is 43.1 Å². The Kier molecular flexibility index (Phi) is 11.2. The third-order valence-electron chi connectivity index (χ3n) is 9.96. The van der Waals surface area contributed by atoms with Crippen LogP contribution in [0, 0.1) is 11.8 Å².